The molecule has 2 heteroatoms. The fourth-order valence-corrected chi connectivity index (χ4v) is 8.26. The van der Waals surface area contributed by atoms with Gasteiger partial charge in [0.2, 0.25) is 0 Å². The topological polar surface area (TPSA) is 0 Å². The van der Waals surface area contributed by atoms with Crippen molar-refractivity contribution in [2.45, 2.75) is 33.9 Å². The van der Waals surface area contributed by atoms with E-state index in [0.29, 0.717) is 0 Å². The SMILES string of the molecule is Cc1ccc(C[P+](c2ccc(C)cc2)(c2ccc(C)cc2)c2ccc(C)cc2)cc1.[Cl-]. The molecule has 0 radical (unpaired) electrons. The van der Waals surface area contributed by atoms with Crippen molar-refractivity contribution < 1.29 is 12.4 Å². The number of halogens is 1. The molecular formula is C29H30ClP. The summed E-state index contributed by atoms with van der Waals surface area (Å²) in [5.74, 6) is 0. The molecule has 0 atom stereocenters. The van der Waals surface area contributed by atoms with Gasteiger partial charge in [-0.3, -0.25) is 0 Å². The van der Waals surface area contributed by atoms with Gasteiger partial charge in [0.05, 0.1) is 6.16 Å². The predicted octanol–water partition coefficient (Wildman–Crippen LogP) is 3.42. The van der Waals surface area contributed by atoms with Crippen molar-refractivity contribution in [1.29, 1.82) is 0 Å². The first-order valence-corrected chi connectivity index (χ1v) is 12.6. The normalized spacial score (nSPS) is 11.1. The van der Waals surface area contributed by atoms with Crippen molar-refractivity contribution in [3.8, 4) is 0 Å². The van der Waals surface area contributed by atoms with Gasteiger partial charge < -0.3 is 12.4 Å². The quantitative estimate of drug-likeness (QED) is 0.414. The van der Waals surface area contributed by atoms with Crippen LogP contribution < -0.4 is 28.3 Å². The summed E-state index contributed by atoms with van der Waals surface area (Å²) in [4.78, 5) is 0. The number of benzene rings is 4. The Morgan fingerprint density at radius 2 is 0.677 bits per heavy atom. The number of hydrogen-bond acceptors (Lipinski definition) is 0. The van der Waals surface area contributed by atoms with Crippen LogP contribution in [0.4, 0.5) is 0 Å². The maximum Gasteiger partial charge on any atom is 0.116 e. The van der Waals surface area contributed by atoms with Gasteiger partial charge in [0.25, 0.3) is 0 Å². The molecule has 158 valence electrons. The highest BCUT2D eigenvalue weighted by atomic mass is 35.5. The third kappa shape index (κ3) is 4.93. The number of aryl methyl sites for hydroxylation is 4. The lowest BCUT2D eigenvalue weighted by atomic mass is 10.2. The van der Waals surface area contributed by atoms with Gasteiger partial charge >= 0.3 is 0 Å². The zero-order chi connectivity index (χ0) is 21.1. The first-order valence-electron chi connectivity index (χ1n) is 10.6. The summed E-state index contributed by atoms with van der Waals surface area (Å²) in [6.07, 6.45) is 1.03. The zero-order valence-electron chi connectivity index (χ0n) is 18.8. The molecule has 0 unspecified atom stereocenters. The highest BCUT2D eigenvalue weighted by Crippen LogP contribution is 2.58. The van der Waals surface area contributed by atoms with E-state index in [2.05, 4.69) is 125 Å². The monoisotopic (exact) mass is 444 g/mol. The minimum atomic E-state index is -1.85. The van der Waals surface area contributed by atoms with E-state index in [4.69, 9.17) is 0 Å². The van der Waals surface area contributed by atoms with Crippen molar-refractivity contribution in [2.24, 2.45) is 0 Å². The molecule has 0 aromatic heterocycles. The number of rotatable bonds is 5. The minimum Gasteiger partial charge on any atom is -1.00 e. The minimum absolute atomic E-state index is 0. The Labute approximate surface area is 194 Å². The molecule has 0 aliphatic rings. The van der Waals surface area contributed by atoms with E-state index in [0.717, 1.165) is 6.16 Å². The Hall–Kier alpha value is -2.40. The summed E-state index contributed by atoms with van der Waals surface area (Å²) in [6.45, 7) is 8.66. The van der Waals surface area contributed by atoms with E-state index >= 15 is 0 Å². The van der Waals surface area contributed by atoms with Crippen LogP contribution >= 0.6 is 7.26 Å². The molecule has 31 heavy (non-hydrogen) atoms. The molecule has 0 heterocycles. The molecule has 0 N–H and O–H groups in total. The number of hydrogen-bond donors (Lipinski definition) is 0. The lowest BCUT2D eigenvalue weighted by Gasteiger charge is -2.28. The third-order valence-electron chi connectivity index (χ3n) is 5.96. The van der Waals surface area contributed by atoms with Gasteiger partial charge in [-0.05, 0) is 69.7 Å². The third-order valence-corrected chi connectivity index (χ3v) is 10.3. The maximum atomic E-state index is 2.36. The summed E-state index contributed by atoms with van der Waals surface area (Å²) in [6, 6.07) is 36.8. The van der Waals surface area contributed by atoms with Crippen molar-refractivity contribution in [2.75, 3.05) is 0 Å². The molecule has 0 fully saturated rings. The van der Waals surface area contributed by atoms with E-state index in [1.165, 1.54) is 43.7 Å². The summed E-state index contributed by atoms with van der Waals surface area (Å²) in [5, 5.41) is 4.34. The van der Waals surface area contributed by atoms with E-state index in [9.17, 15) is 0 Å². The standard InChI is InChI=1S/C29H30P.ClH/c1-22-5-13-26(14-6-22)21-30(27-15-7-23(2)8-16-27,28-17-9-24(3)10-18-28)29-19-11-25(4)12-20-29;/h5-20H,21H2,1-4H3;1H/q+1;/p-1. The van der Waals surface area contributed by atoms with E-state index in [1.54, 1.807) is 0 Å². The average Bonchev–Trinajstić information content (AvgIpc) is 2.75. The molecule has 0 spiro atoms. The maximum absolute atomic E-state index is 2.36. The van der Waals surface area contributed by atoms with Crippen molar-refractivity contribution in [3.05, 3.63) is 125 Å². The first kappa shape index (κ1) is 23.3. The highest BCUT2D eigenvalue weighted by Gasteiger charge is 2.45. The van der Waals surface area contributed by atoms with Crippen LogP contribution in [-0.2, 0) is 6.16 Å². The summed E-state index contributed by atoms with van der Waals surface area (Å²) in [7, 11) is -1.85. The molecule has 0 saturated carbocycles. The molecule has 4 aromatic carbocycles. The van der Waals surface area contributed by atoms with Gasteiger partial charge in [0, 0.05) is 0 Å². The molecule has 0 bridgehead atoms. The second kappa shape index (κ2) is 9.82. The van der Waals surface area contributed by atoms with E-state index in [-0.39, 0.29) is 12.4 Å². The summed E-state index contributed by atoms with van der Waals surface area (Å²) < 4.78 is 0. The molecule has 0 amide bonds. The van der Waals surface area contributed by atoms with Crippen LogP contribution in [0.15, 0.2) is 97.1 Å². The molecular weight excluding hydrogens is 415 g/mol. The lowest BCUT2D eigenvalue weighted by Crippen LogP contribution is -3.00. The highest BCUT2D eigenvalue weighted by molar-refractivity contribution is 7.95. The van der Waals surface area contributed by atoms with Crippen molar-refractivity contribution >= 4 is 23.2 Å². The van der Waals surface area contributed by atoms with E-state index < -0.39 is 7.26 Å². The van der Waals surface area contributed by atoms with E-state index in [1.807, 2.05) is 0 Å². The fourth-order valence-electron chi connectivity index (χ4n) is 4.09. The Balaban J connectivity index is 0.00000272. The Morgan fingerprint density at radius 1 is 0.419 bits per heavy atom. The average molecular weight is 445 g/mol. The zero-order valence-corrected chi connectivity index (χ0v) is 20.4. The molecule has 4 aromatic rings. The van der Waals surface area contributed by atoms with Crippen molar-refractivity contribution in [3.63, 3.8) is 0 Å². The predicted molar refractivity (Wildman–Crippen MR) is 134 cm³/mol. The smallest absolute Gasteiger partial charge is 0.116 e. The Bertz CT molecular complexity index is 999. The Kier molecular flexibility index (Phi) is 7.37. The van der Waals surface area contributed by atoms with Gasteiger partial charge in [0.1, 0.15) is 23.2 Å². The van der Waals surface area contributed by atoms with Gasteiger partial charge in [-0.15, -0.1) is 0 Å². The van der Waals surface area contributed by atoms with Crippen LogP contribution in [-0.4, -0.2) is 0 Å². The van der Waals surface area contributed by atoms with Gasteiger partial charge in [0.15, 0.2) is 0 Å². The Morgan fingerprint density at radius 3 is 0.968 bits per heavy atom. The largest absolute Gasteiger partial charge is 1.00 e. The molecule has 0 saturated heterocycles. The van der Waals surface area contributed by atoms with Gasteiger partial charge in [-0.2, -0.15) is 0 Å². The van der Waals surface area contributed by atoms with Crippen LogP contribution in [0, 0.1) is 27.7 Å². The fraction of sp³-hybridized carbons (Fsp3) is 0.172. The summed E-state index contributed by atoms with van der Waals surface area (Å²) >= 11 is 0. The summed E-state index contributed by atoms with van der Waals surface area (Å²) in [5.41, 5.74) is 6.62. The lowest BCUT2D eigenvalue weighted by molar-refractivity contribution is -0.00000621. The second-order valence-electron chi connectivity index (χ2n) is 8.46. The van der Waals surface area contributed by atoms with Crippen LogP contribution in [0.25, 0.3) is 0 Å². The molecule has 0 nitrogen and oxygen atoms in total. The van der Waals surface area contributed by atoms with Gasteiger partial charge in [-0.25, -0.2) is 0 Å². The van der Waals surface area contributed by atoms with Crippen LogP contribution in [0.5, 0.6) is 0 Å². The van der Waals surface area contributed by atoms with Crippen molar-refractivity contribution in [1.82, 2.24) is 0 Å². The molecule has 0 aliphatic heterocycles. The molecule has 0 aliphatic carbocycles. The van der Waals surface area contributed by atoms with Crippen LogP contribution in [0.2, 0.25) is 0 Å². The van der Waals surface area contributed by atoms with Crippen LogP contribution in [0.1, 0.15) is 27.8 Å². The second-order valence-corrected chi connectivity index (χ2v) is 11.9. The molecule has 4 rings (SSSR count). The van der Waals surface area contributed by atoms with Gasteiger partial charge in [-0.1, -0.05) is 82.9 Å². The van der Waals surface area contributed by atoms with Crippen LogP contribution in [0.3, 0.4) is 0 Å². The first-order chi connectivity index (χ1) is 14.5.